The Bertz CT molecular complexity index is 3590. The lowest BCUT2D eigenvalue weighted by Gasteiger charge is -2.26. The minimum absolute atomic E-state index is 0. The topological polar surface area (TPSA) is 136 Å². The minimum atomic E-state index is -0.436. The fourth-order valence-corrected chi connectivity index (χ4v) is 14.1. The number of nitrogens with zero attached hydrogens (tertiary/aromatic N) is 3. The first-order valence-electron chi connectivity index (χ1n) is 24.3. The highest BCUT2D eigenvalue weighted by Crippen LogP contribution is 2.41. The third kappa shape index (κ3) is 11.4. The van der Waals surface area contributed by atoms with Crippen molar-refractivity contribution in [2.24, 2.45) is 0 Å². The Morgan fingerprint density at radius 1 is 0.595 bits per heavy atom. The third-order valence-corrected chi connectivity index (χ3v) is 18.2. The van der Waals surface area contributed by atoms with E-state index in [2.05, 4.69) is 14.7 Å². The van der Waals surface area contributed by atoms with Gasteiger partial charge in [0.25, 0.3) is 0 Å². The molecule has 0 amide bonds. The largest absolute Gasteiger partial charge is 0.494 e. The third-order valence-electron chi connectivity index (χ3n) is 12.9. The second-order valence-corrected chi connectivity index (χ2v) is 23.2. The van der Waals surface area contributed by atoms with Crippen LogP contribution in [0, 0.1) is 5.82 Å². The highest BCUT2D eigenvalue weighted by molar-refractivity contribution is 7.21. The van der Waals surface area contributed by atoms with Gasteiger partial charge in [-0.3, -0.25) is 14.4 Å². The van der Waals surface area contributed by atoms with Crippen molar-refractivity contribution in [1.82, 2.24) is 0 Å². The number of hydrogen-bond acceptors (Lipinski definition) is 17. The van der Waals surface area contributed by atoms with Crippen LogP contribution in [-0.2, 0) is 4.74 Å². The lowest BCUT2D eigenvalue weighted by Crippen LogP contribution is -2.29. The van der Waals surface area contributed by atoms with Gasteiger partial charge in [0.2, 0.25) is 16.3 Å². The molecular formula is C55H55ClFN3O9S5. The number of halogens is 2. The zero-order chi connectivity index (χ0) is 50.6. The average molecular weight is 1120 g/mol. The summed E-state index contributed by atoms with van der Waals surface area (Å²) < 4.78 is 45.1. The van der Waals surface area contributed by atoms with Gasteiger partial charge in [-0.15, -0.1) is 56.7 Å². The quantitative estimate of drug-likeness (QED) is 0.127. The summed E-state index contributed by atoms with van der Waals surface area (Å²) in [4.78, 5) is 58.3. The number of methoxy groups -OCH3 is 1. The van der Waals surface area contributed by atoms with Crippen molar-refractivity contribution in [3.05, 3.63) is 123 Å². The Labute approximate surface area is 451 Å². The summed E-state index contributed by atoms with van der Waals surface area (Å²) in [6.07, 6.45) is 10.4. The van der Waals surface area contributed by atoms with Crippen LogP contribution in [0.5, 0.6) is 5.75 Å². The van der Waals surface area contributed by atoms with Crippen molar-refractivity contribution in [2.45, 2.75) is 72.1 Å². The summed E-state index contributed by atoms with van der Waals surface area (Å²) in [5.41, 5.74) is 5.05. The van der Waals surface area contributed by atoms with Crippen LogP contribution in [0.15, 0.2) is 104 Å². The van der Waals surface area contributed by atoms with E-state index in [4.69, 9.17) is 34.3 Å². The van der Waals surface area contributed by atoms with Crippen molar-refractivity contribution in [3.63, 3.8) is 0 Å². The van der Waals surface area contributed by atoms with Gasteiger partial charge in [-0.25, -0.2) is 9.18 Å². The molecule has 3 fully saturated rings. The van der Waals surface area contributed by atoms with Gasteiger partial charge in [0.15, 0.2) is 46.0 Å². The van der Waals surface area contributed by atoms with E-state index in [1.165, 1.54) is 89.1 Å². The number of benzene rings is 1. The average Bonchev–Trinajstić information content (AvgIpc) is 4.29. The number of rotatable bonds is 9. The normalized spacial score (nSPS) is 14.8. The Morgan fingerprint density at radius 2 is 1.03 bits per heavy atom. The Hall–Kier alpha value is -5.76. The molecule has 0 radical (unpaired) electrons. The maximum Gasteiger partial charge on any atom is 0.348 e. The van der Waals surface area contributed by atoms with Gasteiger partial charge in [0.1, 0.15) is 19.0 Å². The predicted octanol–water partition coefficient (Wildman–Crippen LogP) is 15.3. The highest BCUT2D eigenvalue weighted by atomic mass is 35.5. The van der Waals surface area contributed by atoms with Crippen molar-refractivity contribution < 1.29 is 31.9 Å². The van der Waals surface area contributed by atoms with Gasteiger partial charge in [0, 0.05) is 100 Å². The van der Waals surface area contributed by atoms with E-state index in [0.29, 0.717) is 65.5 Å². The number of hydrogen-bond donors (Lipinski definition) is 0. The molecule has 3 aliphatic heterocycles. The van der Waals surface area contributed by atoms with E-state index in [0.717, 1.165) is 109 Å². The van der Waals surface area contributed by atoms with Gasteiger partial charge in [-0.2, -0.15) is 0 Å². The van der Waals surface area contributed by atoms with E-state index in [-0.39, 0.29) is 35.4 Å². The molecular weight excluding hydrogens is 1060 g/mol. The fourth-order valence-electron chi connectivity index (χ4n) is 9.23. The van der Waals surface area contributed by atoms with E-state index in [1.807, 2.05) is 34.3 Å². The Kier molecular flexibility index (Phi) is 17.1. The van der Waals surface area contributed by atoms with Crippen LogP contribution < -0.4 is 35.7 Å². The molecule has 0 aliphatic carbocycles. The minimum Gasteiger partial charge on any atom is -0.494 e. The fraction of sp³-hybridized carbons (Fsp3) is 0.345. The van der Waals surface area contributed by atoms with E-state index >= 15 is 0 Å². The van der Waals surface area contributed by atoms with Crippen LogP contribution in [0.25, 0.3) is 62.9 Å². The monoisotopic (exact) mass is 1120 g/mol. The summed E-state index contributed by atoms with van der Waals surface area (Å²) in [5.74, 6) is 1.38. The molecule has 12 rings (SSSR count). The van der Waals surface area contributed by atoms with Crippen LogP contribution in [0.1, 0.15) is 81.8 Å². The molecule has 11 heterocycles. The molecule has 3 aliphatic rings. The smallest absolute Gasteiger partial charge is 0.348 e. The van der Waals surface area contributed by atoms with E-state index in [9.17, 15) is 23.6 Å². The second-order valence-electron chi connectivity index (χ2n) is 17.8. The molecule has 0 N–H and O–H groups in total. The number of thiophene rings is 5. The predicted molar refractivity (Wildman–Crippen MR) is 306 cm³/mol. The molecule has 0 bridgehead atoms. The standard InChI is InChI=1S/C19H18FNO3S.C19H19NO4S2.C16H14ClNO2S2.CH4/c1-23-16-6-5-12(9-14(16)20)13-11-25-19-15(22)10-17(24-18(13)19)21-7-3-2-4-8-21;1-2-23-19(22)15-7-6-14(26-15)12-11-25-18-13(21)10-16(24-17(12)18)20-8-4-3-5-9-20;17-13-5-4-12(22-13)10-9-21-16-11(19)8-14(20-15(10)16)18-6-2-1-3-7-18;/h5-6,9-11H,2-4,7-8H2,1H3;6-7,10-11H,2-5,8-9H2,1H3;4-5,8-9H,1-3,6-7H2;1H4. The SMILES string of the molecule is C.CCOC(=O)c1ccc(-c2csc3c(=O)cc(N4CCCCC4)oc23)s1.COc1ccc(-c2csc3c(=O)cc(N4CCCCC4)oc23)cc1F.O=c1cc(N2CCCCC2)oc2c(-c3ccc(Cl)s3)csc12. The maximum absolute atomic E-state index is 14.1. The molecule has 0 unspecified atom stereocenters. The molecule has 12 nitrogen and oxygen atoms in total. The van der Waals surface area contributed by atoms with Crippen LogP contribution >= 0.6 is 68.3 Å². The first-order chi connectivity index (χ1) is 35.6. The zero-order valence-corrected chi connectivity index (χ0v) is 45.0. The lowest BCUT2D eigenvalue weighted by molar-refractivity contribution is 0.0532. The molecule has 1 aromatic carbocycles. The molecule has 0 spiro atoms. The first kappa shape index (κ1) is 53.1. The second kappa shape index (κ2) is 23.8. The number of piperidine rings is 3. The zero-order valence-electron chi connectivity index (χ0n) is 40.1. The van der Waals surface area contributed by atoms with Crippen LogP contribution in [-0.4, -0.2) is 59.0 Å². The number of ether oxygens (including phenoxy) is 2. The van der Waals surface area contributed by atoms with Crippen molar-refractivity contribution >= 4 is 123 Å². The molecule has 74 heavy (non-hydrogen) atoms. The van der Waals surface area contributed by atoms with Gasteiger partial charge < -0.3 is 37.4 Å². The summed E-state index contributed by atoms with van der Waals surface area (Å²) in [7, 11) is 1.43. The van der Waals surface area contributed by atoms with Gasteiger partial charge in [0.05, 0.1) is 18.1 Å². The van der Waals surface area contributed by atoms with Crippen LogP contribution in [0.3, 0.4) is 0 Å². The summed E-state index contributed by atoms with van der Waals surface area (Å²) in [6.45, 7) is 7.67. The molecule has 0 saturated carbocycles. The summed E-state index contributed by atoms with van der Waals surface area (Å²) in [5, 5.41) is 5.75. The number of carbonyl (C=O) groups is 1. The summed E-state index contributed by atoms with van der Waals surface area (Å²) in [6, 6.07) is 17.1. The molecule has 388 valence electrons. The van der Waals surface area contributed by atoms with Crippen LogP contribution in [0.4, 0.5) is 22.0 Å². The van der Waals surface area contributed by atoms with E-state index < -0.39 is 5.82 Å². The molecule has 19 heteroatoms. The van der Waals surface area contributed by atoms with Crippen LogP contribution in [0.2, 0.25) is 4.34 Å². The molecule has 8 aromatic heterocycles. The van der Waals surface area contributed by atoms with Gasteiger partial charge in [-0.05, 0) is 107 Å². The number of fused-ring (bicyclic) bond motifs is 3. The van der Waals surface area contributed by atoms with Crippen molar-refractivity contribution in [2.75, 3.05) is 67.7 Å². The molecule has 9 aromatic rings. The van der Waals surface area contributed by atoms with Gasteiger partial charge >= 0.3 is 5.97 Å². The van der Waals surface area contributed by atoms with Crippen molar-refractivity contribution in [3.8, 4) is 37.8 Å². The van der Waals surface area contributed by atoms with Gasteiger partial charge in [-0.1, -0.05) is 25.1 Å². The lowest BCUT2D eigenvalue weighted by atomic mass is 10.1. The highest BCUT2D eigenvalue weighted by Gasteiger charge is 2.23. The number of anilines is 3. The number of carbonyl (C=O) groups excluding carboxylic acids is 1. The number of esters is 1. The van der Waals surface area contributed by atoms with Crippen molar-refractivity contribution in [1.29, 1.82) is 0 Å². The van der Waals surface area contributed by atoms with E-state index in [1.54, 1.807) is 43.3 Å². The molecule has 0 atom stereocenters. The maximum atomic E-state index is 14.1. The molecule has 3 saturated heterocycles. The Morgan fingerprint density at radius 3 is 1.45 bits per heavy atom. The Balaban J connectivity index is 0.000000136. The first-order valence-corrected chi connectivity index (χ1v) is 29.0. The summed E-state index contributed by atoms with van der Waals surface area (Å²) >= 11 is 13.0.